The molecule has 2 saturated carbocycles. The third-order valence-corrected chi connectivity index (χ3v) is 6.53. The van der Waals surface area contributed by atoms with Crippen LogP contribution in [0.1, 0.15) is 23.2 Å². The summed E-state index contributed by atoms with van der Waals surface area (Å²) in [4.78, 5) is 37.6. The van der Waals surface area contributed by atoms with Gasteiger partial charge < -0.3 is 15.4 Å². The SMILES string of the molecule is O=C(Nc1ccc(Cl)cc1)c1cccc(NC(=O)[C@H]2[C@@H]3C[C@H]4[C@@H]2C(=O)O[C@@H]4C3)c1. The number of nitrogens with one attached hydrogen (secondary N) is 2. The number of anilines is 2. The molecule has 29 heavy (non-hydrogen) atoms. The van der Waals surface area contributed by atoms with Crippen LogP contribution in [0.4, 0.5) is 11.4 Å². The van der Waals surface area contributed by atoms with Gasteiger partial charge in [0.05, 0.1) is 11.8 Å². The maximum absolute atomic E-state index is 12.9. The molecule has 3 aliphatic rings. The lowest BCUT2D eigenvalue weighted by molar-refractivity contribution is -0.145. The van der Waals surface area contributed by atoms with Crippen LogP contribution in [0.5, 0.6) is 0 Å². The van der Waals surface area contributed by atoms with Crippen LogP contribution in [0.25, 0.3) is 0 Å². The third-order valence-electron chi connectivity index (χ3n) is 6.28. The van der Waals surface area contributed by atoms with Crippen LogP contribution in [0.2, 0.25) is 5.02 Å². The number of carbonyl (C=O) groups is 3. The van der Waals surface area contributed by atoms with Gasteiger partial charge in [-0.2, -0.15) is 0 Å². The van der Waals surface area contributed by atoms with Gasteiger partial charge in [0.25, 0.3) is 5.91 Å². The molecule has 0 aromatic heterocycles. The summed E-state index contributed by atoms with van der Waals surface area (Å²) >= 11 is 5.86. The van der Waals surface area contributed by atoms with Crippen LogP contribution in [-0.2, 0) is 14.3 Å². The van der Waals surface area contributed by atoms with Crippen molar-refractivity contribution < 1.29 is 19.1 Å². The highest BCUT2D eigenvalue weighted by Gasteiger charge is 2.63. The van der Waals surface area contributed by atoms with E-state index in [2.05, 4.69) is 10.6 Å². The van der Waals surface area contributed by atoms with E-state index in [1.54, 1.807) is 48.5 Å². The van der Waals surface area contributed by atoms with Crippen molar-refractivity contribution in [2.75, 3.05) is 10.6 Å². The molecule has 2 aromatic rings. The number of carbonyl (C=O) groups excluding carboxylic acids is 3. The van der Waals surface area contributed by atoms with Gasteiger partial charge in [-0.1, -0.05) is 17.7 Å². The fourth-order valence-electron chi connectivity index (χ4n) is 5.06. The van der Waals surface area contributed by atoms with E-state index in [0.717, 1.165) is 12.8 Å². The molecule has 1 aliphatic heterocycles. The maximum atomic E-state index is 12.9. The second-order valence-corrected chi connectivity index (χ2v) is 8.39. The van der Waals surface area contributed by atoms with Crippen molar-refractivity contribution in [2.45, 2.75) is 18.9 Å². The minimum absolute atomic E-state index is 0.00133. The number of fused-ring (bicyclic) bond motifs is 1. The molecule has 1 saturated heterocycles. The zero-order chi connectivity index (χ0) is 20.1. The summed E-state index contributed by atoms with van der Waals surface area (Å²) in [6.45, 7) is 0. The van der Waals surface area contributed by atoms with Crippen molar-refractivity contribution in [3.8, 4) is 0 Å². The normalized spacial score (nSPS) is 28.9. The van der Waals surface area contributed by atoms with Crippen molar-refractivity contribution in [2.24, 2.45) is 23.7 Å². The Kier molecular flexibility index (Phi) is 4.32. The van der Waals surface area contributed by atoms with Gasteiger partial charge in [0.1, 0.15) is 6.10 Å². The lowest BCUT2D eigenvalue weighted by Crippen LogP contribution is -2.35. The Morgan fingerprint density at radius 3 is 2.59 bits per heavy atom. The van der Waals surface area contributed by atoms with Gasteiger partial charge in [0.15, 0.2) is 0 Å². The molecule has 0 unspecified atom stereocenters. The van der Waals surface area contributed by atoms with Crippen LogP contribution in [0, 0.1) is 23.7 Å². The fraction of sp³-hybridized carbons (Fsp3) is 0.318. The van der Waals surface area contributed by atoms with Gasteiger partial charge in [-0.05, 0) is 61.2 Å². The first kappa shape index (κ1) is 18.2. The number of halogens is 1. The molecule has 5 rings (SSSR count). The molecule has 6 nitrogen and oxygen atoms in total. The molecular formula is C22H19ClN2O4. The van der Waals surface area contributed by atoms with Crippen molar-refractivity contribution in [1.29, 1.82) is 0 Å². The summed E-state index contributed by atoms with van der Waals surface area (Å²) in [5, 5.41) is 6.28. The van der Waals surface area contributed by atoms with Gasteiger partial charge >= 0.3 is 5.97 Å². The fourth-order valence-corrected chi connectivity index (χ4v) is 5.19. The number of hydrogen-bond donors (Lipinski definition) is 2. The summed E-state index contributed by atoms with van der Waals surface area (Å²) in [6.07, 6.45) is 1.65. The topological polar surface area (TPSA) is 84.5 Å². The molecule has 2 N–H and O–H groups in total. The molecule has 0 spiro atoms. The zero-order valence-corrected chi connectivity index (χ0v) is 16.2. The van der Waals surface area contributed by atoms with Crippen molar-refractivity contribution >= 4 is 40.8 Å². The van der Waals surface area contributed by atoms with Gasteiger partial charge in [-0.25, -0.2) is 0 Å². The minimum Gasteiger partial charge on any atom is -0.462 e. The molecular weight excluding hydrogens is 392 g/mol. The lowest BCUT2D eigenvalue weighted by atomic mass is 9.79. The molecule has 7 heteroatoms. The molecule has 1 heterocycles. The van der Waals surface area contributed by atoms with Crippen LogP contribution < -0.4 is 10.6 Å². The Hall–Kier alpha value is -2.86. The summed E-state index contributed by atoms with van der Waals surface area (Å²) in [7, 11) is 0. The van der Waals surface area contributed by atoms with Crippen molar-refractivity contribution in [1.82, 2.24) is 0 Å². The van der Waals surface area contributed by atoms with Crippen LogP contribution in [-0.4, -0.2) is 23.9 Å². The highest BCUT2D eigenvalue weighted by Crippen LogP contribution is 2.57. The Labute approximate surface area is 172 Å². The molecule has 3 fully saturated rings. The highest BCUT2D eigenvalue weighted by molar-refractivity contribution is 6.30. The van der Waals surface area contributed by atoms with E-state index in [9.17, 15) is 14.4 Å². The first-order valence-corrected chi connectivity index (χ1v) is 10.1. The first-order valence-electron chi connectivity index (χ1n) is 9.68. The number of benzene rings is 2. The smallest absolute Gasteiger partial charge is 0.310 e. The van der Waals surface area contributed by atoms with E-state index < -0.39 is 0 Å². The quantitative estimate of drug-likeness (QED) is 0.752. The van der Waals surface area contributed by atoms with Crippen molar-refractivity contribution in [3.63, 3.8) is 0 Å². The molecule has 2 aromatic carbocycles. The average Bonchev–Trinajstić information content (AvgIpc) is 3.32. The second-order valence-electron chi connectivity index (χ2n) is 7.95. The monoisotopic (exact) mass is 410 g/mol. The Morgan fingerprint density at radius 1 is 1.00 bits per heavy atom. The van der Waals surface area contributed by atoms with Crippen molar-refractivity contribution in [3.05, 3.63) is 59.1 Å². The van der Waals surface area contributed by atoms with Crippen LogP contribution in [0.15, 0.2) is 48.5 Å². The summed E-state index contributed by atoms with van der Waals surface area (Å²) in [5.41, 5.74) is 1.58. The second kappa shape index (κ2) is 6.88. The molecule has 5 atom stereocenters. The Bertz CT molecular complexity index is 1000. The standard InChI is InChI=1S/C22H19ClN2O4/c23-13-4-6-14(7-5-13)24-20(26)11-2-1-3-15(8-11)25-21(27)18-12-9-16-17(10-12)29-22(28)19(16)18/h1-8,12,16-19H,9-10H2,(H,24,26)(H,25,27)/t12-,16-,17-,18+,19+/m1/s1. The number of hydrogen-bond acceptors (Lipinski definition) is 4. The van der Waals surface area contributed by atoms with Gasteiger partial charge in [-0.15, -0.1) is 0 Å². The maximum Gasteiger partial charge on any atom is 0.310 e. The predicted octanol–water partition coefficient (Wildman–Crippen LogP) is 3.73. The minimum atomic E-state index is -0.349. The number of amides is 2. The van der Waals surface area contributed by atoms with Gasteiger partial charge in [-0.3, -0.25) is 14.4 Å². The van der Waals surface area contributed by atoms with E-state index >= 15 is 0 Å². The van der Waals surface area contributed by atoms with E-state index in [1.165, 1.54) is 0 Å². The molecule has 2 bridgehead atoms. The third kappa shape index (κ3) is 3.17. The van der Waals surface area contributed by atoms with E-state index in [0.29, 0.717) is 22.0 Å². The highest BCUT2D eigenvalue weighted by atomic mass is 35.5. The van der Waals surface area contributed by atoms with E-state index in [-0.39, 0.29) is 47.6 Å². The largest absolute Gasteiger partial charge is 0.462 e. The lowest BCUT2D eigenvalue weighted by Gasteiger charge is -2.23. The van der Waals surface area contributed by atoms with E-state index in [4.69, 9.17) is 16.3 Å². The molecule has 148 valence electrons. The van der Waals surface area contributed by atoms with Crippen LogP contribution >= 0.6 is 11.6 Å². The first-order chi connectivity index (χ1) is 14.0. The number of esters is 1. The summed E-state index contributed by atoms with van der Waals surface area (Å²) in [6, 6.07) is 13.6. The zero-order valence-electron chi connectivity index (χ0n) is 15.4. The average molecular weight is 411 g/mol. The van der Waals surface area contributed by atoms with Gasteiger partial charge in [0, 0.05) is 27.9 Å². The summed E-state index contributed by atoms with van der Waals surface area (Å²) in [5.74, 6) is -0.998. The molecule has 2 amide bonds. The van der Waals surface area contributed by atoms with Crippen LogP contribution in [0.3, 0.4) is 0 Å². The summed E-state index contributed by atoms with van der Waals surface area (Å²) < 4.78 is 5.40. The van der Waals surface area contributed by atoms with Gasteiger partial charge in [0.2, 0.25) is 5.91 Å². The molecule has 2 aliphatic carbocycles. The number of ether oxygens (including phenoxy) is 1. The Morgan fingerprint density at radius 2 is 1.79 bits per heavy atom. The molecule has 0 radical (unpaired) electrons. The predicted molar refractivity (Wildman–Crippen MR) is 108 cm³/mol. The number of rotatable bonds is 4. The Balaban J connectivity index is 1.29. The van der Waals surface area contributed by atoms with E-state index in [1.807, 2.05) is 0 Å².